The van der Waals surface area contributed by atoms with Crippen LogP contribution in [0.2, 0.25) is 0 Å². The summed E-state index contributed by atoms with van der Waals surface area (Å²) in [7, 11) is 2.07. The molecule has 2 aromatic rings. The van der Waals surface area contributed by atoms with E-state index in [1.807, 2.05) is 30.6 Å². The number of rotatable bonds is 6. The van der Waals surface area contributed by atoms with Gasteiger partial charge in [-0.15, -0.1) is 0 Å². The maximum Gasteiger partial charge on any atom is 0.0572 e. The molecule has 1 atom stereocenters. The summed E-state index contributed by atoms with van der Waals surface area (Å²) in [5.41, 5.74) is 9.14. The highest BCUT2D eigenvalue weighted by molar-refractivity contribution is 5.44. The maximum atomic E-state index is 5.97. The summed E-state index contributed by atoms with van der Waals surface area (Å²) in [5, 5.41) is 0. The van der Waals surface area contributed by atoms with E-state index in [0.717, 1.165) is 36.5 Å². The average molecular weight is 270 g/mol. The number of hydrogen-bond donors (Lipinski definition) is 1. The molecule has 20 heavy (non-hydrogen) atoms. The Hall–Kier alpha value is -1.94. The summed E-state index contributed by atoms with van der Waals surface area (Å²) in [6, 6.07) is 10.1. The fraction of sp³-hybridized carbons (Fsp3) is 0.375. The minimum atomic E-state index is 0.0304. The van der Waals surface area contributed by atoms with Crippen LogP contribution in [0.15, 0.2) is 42.7 Å². The van der Waals surface area contributed by atoms with Crippen molar-refractivity contribution >= 4 is 5.69 Å². The average Bonchev–Trinajstić information content (AvgIpc) is 2.53. The van der Waals surface area contributed by atoms with Crippen LogP contribution in [0.5, 0.6) is 0 Å². The van der Waals surface area contributed by atoms with Crippen molar-refractivity contribution in [3.63, 3.8) is 0 Å². The smallest absolute Gasteiger partial charge is 0.0572 e. The number of hydrogen-bond acceptors (Lipinski definition) is 4. The minimum absolute atomic E-state index is 0.0304. The Morgan fingerprint density at radius 3 is 2.65 bits per heavy atom. The monoisotopic (exact) mass is 270 g/mol. The molecule has 0 unspecified atom stereocenters. The second-order valence-electron chi connectivity index (χ2n) is 4.95. The third-order valence-electron chi connectivity index (χ3n) is 3.46. The molecule has 0 aliphatic rings. The van der Waals surface area contributed by atoms with Crippen LogP contribution < -0.4 is 10.6 Å². The van der Waals surface area contributed by atoms with E-state index in [1.165, 1.54) is 0 Å². The zero-order valence-electron chi connectivity index (χ0n) is 12.2. The summed E-state index contributed by atoms with van der Waals surface area (Å²) >= 11 is 0. The first-order valence-electron chi connectivity index (χ1n) is 7.03. The highest BCUT2D eigenvalue weighted by atomic mass is 15.1. The lowest BCUT2D eigenvalue weighted by molar-refractivity contribution is 0.675. The molecule has 106 valence electrons. The van der Waals surface area contributed by atoms with E-state index in [1.54, 1.807) is 0 Å². The van der Waals surface area contributed by atoms with Crippen molar-refractivity contribution in [1.29, 1.82) is 0 Å². The number of nitrogens with zero attached hydrogens (tertiary/aromatic N) is 3. The zero-order chi connectivity index (χ0) is 14.4. The van der Waals surface area contributed by atoms with Gasteiger partial charge in [0.05, 0.1) is 17.6 Å². The van der Waals surface area contributed by atoms with Crippen molar-refractivity contribution in [3.8, 4) is 0 Å². The molecule has 0 radical (unpaired) electrons. The van der Waals surface area contributed by atoms with Gasteiger partial charge in [-0.05, 0) is 30.7 Å². The lowest BCUT2D eigenvalue weighted by Crippen LogP contribution is -2.21. The van der Waals surface area contributed by atoms with Gasteiger partial charge in [-0.1, -0.05) is 13.0 Å². The highest BCUT2D eigenvalue weighted by Crippen LogP contribution is 2.16. The number of aromatic nitrogens is 2. The van der Waals surface area contributed by atoms with E-state index in [9.17, 15) is 0 Å². The first-order chi connectivity index (χ1) is 9.70. The van der Waals surface area contributed by atoms with Gasteiger partial charge < -0.3 is 10.6 Å². The van der Waals surface area contributed by atoms with Crippen LogP contribution in [-0.2, 0) is 6.42 Å². The van der Waals surface area contributed by atoms with Crippen LogP contribution in [0.1, 0.15) is 30.8 Å². The molecule has 0 saturated heterocycles. The molecule has 0 aromatic carbocycles. The normalized spacial score (nSPS) is 12.2. The van der Waals surface area contributed by atoms with Gasteiger partial charge >= 0.3 is 0 Å². The van der Waals surface area contributed by atoms with E-state index in [2.05, 4.69) is 41.0 Å². The molecule has 0 spiro atoms. The van der Waals surface area contributed by atoms with Gasteiger partial charge in [-0.2, -0.15) is 0 Å². The first-order valence-corrected chi connectivity index (χ1v) is 7.03. The van der Waals surface area contributed by atoms with Gasteiger partial charge in [0, 0.05) is 37.9 Å². The quantitative estimate of drug-likeness (QED) is 0.876. The fourth-order valence-electron chi connectivity index (χ4n) is 2.01. The van der Waals surface area contributed by atoms with E-state index < -0.39 is 0 Å². The second kappa shape index (κ2) is 7.01. The number of nitrogens with two attached hydrogens (primary N) is 1. The SMILES string of the molecule is CC[C@@H](N)c1ccc(N(C)CCc2ccccn2)cn1. The van der Waals surface area contributed by atoms with Gasteiger partial charge in [0.15, 0.2) is 0 Å². The van der Waals surface area contributed by atoms with Crippen LogP contribution in [-0.4, -0.2) is 23.6 Å². The molecule has 2 heterocycles. The molecule has 0 saturated carbocycles. The zero-order valence-corrected chi connectivity index (χ0v) is 12.2. The number of likely N-dealkylation sites (N-methyl/N-ethyl adjacent to an activating group) is 1. The summed E-state index contributed by atoms with van der Waals surface area (Å²) in [4.78, 5) is 11.0. The standard InChI is InChI=1S/C16H22N4/c1-3-15(17)16-8-7-14(12-19-16)20(2)11-9-13-6-4-5-10-18-13/h4-8,10,12,15H,3,9,11,17H2,1-2H3/t15-/m1/s1. The maximum absolute atomic E-state index is 5.97. The summed E-state index contributed by atoms with van der Waals surface area (Å²) in [6.45, 7) is 2.98. The molecular weight excluding hydrogens is 248 g/mol. The molecule has 0 bridgehead atoms. The third kappa shape index (κ3) is 3.78. The van der Waals surface area contributed by atoms with E-state index >= 15 is 0 Å². The minimum Gasteiger partial charge on any atom is -0.373 e. The van der Waals surface area contributed by atoms with Gasteiger partial charge in [-0.25, -0.2) is 0 Å². The second-order valence-corrected chi connectivity index (χ2v) is 4.95. The van der Waals surface area contributed by atoms with Crippen LogP contribution in [0.4, 0.5) is 5.69 Å². The van der Waals surface area contributed by atoms with Crippen molar-refractivity contribution in [1.82, 2.24) is 9.97 Å². The first kappa shape index (κ1) is 14.5. The molecular formula is C16H22N4. The van der Waals surface area contributed by atoms with Crippen molar-refractivity contribution in [2.75, 3.05) is 18.5 Å². The molecule has 4 heteroatoms. The van der Waals surface area contributed by atoms with Crippen LogP contribution >= 0.6 is 0 Å². The summed E-state index contributed by atoms with van der Waals surface area (Å²) in [6.07, 6.45) is 5.55. The Bertz CT molecular complexity index is 510. The fourth-order valence-corrected chi connectivity index (χ4v) is 2.01. The third-order valence-corrected chi connectivity index (χ3v) is 3.46. The van der Waals surface area contributed by atoms with Crippen LogP contribution in [0.25, 0.3) is 0 Å². The Morgan fingerprint density at radius 2 is 2.05 bits per heavy atom. The van der Waals surface area contributed by atoms with Crippen LogP contribution in [0, 0.1) is 0 Å². The lowest BCUT2D eigenvalue weighted by atomic mass is 10.1. The number of pyridine rings is 2. The Labute approximate surface area is 120 Å². The predicted molar refractivity (Wildman–Crippen MR) is 82.7 cm³/mol. The largest absolute Gasteiger partial charge is 0.373 e. The van der Waals surface area contributed by atoms with Crippen molar-refractivity contribution in [2.45, 2.75) is 25.8 Å². The highest BCUT2D eigenvalue weighted by Gasteiger charge is 2.06. The topological polar surface area (TPSA) is 55.0 Å². The Kier molecular flexibility index (Phi) is 5.07. The summed E-state index contributed by atoms with van der Waals surface area (Å²) < 4.78 is 0. The van der Waals surface area contributed by atoms with Gasteiger partial charge in [0.1, 0.15) is 0 Å². The molecule has 2 rings (SSSR count). The van der Waals surface area contributed by atoms with Gasteiger partial charge in [0.25, 0.3) is 0 Å². The van der Waals surface area contributed by atoms with Crippen molar-refractivity contribution in [3.05, 3.63) is 54.1 Å². The van der Waals surface area contributed by atoms with Gasteiger partial charge in [0.2, 0.25) is 0 Å². The molecule has 0 aliphatic heterocycles. The molecule has 2 N–H and O–H groups in total. The van der Waals surface area contributed by atoms with Crippen LogP contribution in [0.3, 0.4) is 0 Å². The van der Waals surface area contributed by atoms with E-state index in [0.29, 0.717) is 0 Å². The summed E-state index contributed by atoms with van der Waals surface area (Å²) in [5.74, 6) is 0. The molecule has 2 aromatic heterocycles. The Balaban J connectivity index is 1.94. The molecule has 0 fully saturated rings. The van der Waals surface area contributed by atoms with E-state index in [-0.39, 0.29) is 6.04 Å². The molecule has 0 aliphatic carbocycles. The molecule has 0 amide bonds. The predicted octanol–water partition coefficient (Wildman–Crippen LogP) is 2.57. The Morgan fingerprint density at radius 1 is 1.20 bits per heavy atom. The van der Waals surface area contributed by atoms with Crippen molar-refractivity contribution in [2.24, 2.45) is 5.73 Å². The van der Waals surface area contributed by atoms with Gasteiger partial charge in [-0.3, -0.25) is 9.97 Å². The lowest BCUT2D eigenvalue weighted by Gasteiger charge is -2.19. The number of anilines is 1. The van der Waals surface area contributed by atoms with Crippen molar-refractivity contribution < 1.29 is 0 Å². The molecule has 4 nitrogen and oxygen atoms in total. The van der Waals surface area contributed by atoms with E-state index in [4.69, 9.17) is 5.73 Å².